The number of para-hydroxylation sites is 3. The van der Waals surface area contributed by atoms with Gasteiger partial charge in [-0.25, -0.2) is 4.98 Å². The molecule has 140 valence electrons. The molecule has 1 amide bonds. The van der Waals surface area contributed by atoms with Crippen LogP contribution in [0.3, 0.4) is 0 Å². The van der Waals surface area contributed by atoms with Gasteiger partial charge < -0.3 is 19.8 Å². The minimum absolute atomic E-state index is 0.280. The molecule has 0 unspecified atom stereocenters. The number of hydrogen-bond donors (Lipinski definition) is 2. The molecule has 6 heteroatoms. The van der Waals surface area contributed by atoms with Gasteiger partial charge in [0.25, 0.3) is 5.91 Å². The minimum Gasteiger partial charge on any atom is -0.496 e. The van der Waals surface area contributed by atoms with Crippen molar-refractivity contribution in [3.63, 3.8) is 0 Å². The molecule has 28 heavy (non-hydrogen) atoms. The topological polar surface area (TPSA) is 76.2 Å². The summed E-state index contributed by atoms with van der Waals surface area (Å²) < 4.78 is 10.7. The van der Waals surface area contributed by atoms with E-state index < -0.39 is 0 Å². The van der Waals surface area contributed by atoms with Crippen molar-refractivity contribution in [2.45, 2.75) is 0 Å². The van der Waals surface area contributed by atoms with E-state index in [9.17, 15) is 4.79 Å². The number of imidazole rings is 1. The summed E-state index contributed by atoms with van der Waals surface area (Å²) in [5, 5.41) is 2.91. The van der Waals surface area contributed by atoms with Crippen molar-refractivity contribution in [1.29, 1.82) is 0 Å². The second-order valence-electron chi connectivity index (χ2n) is 6.17. The maximum atomic E-state index is 12.8. The highest BCUT2D eigenvalue weighted by Crippen LogP contribution is 2.31. The summed E-state index contributed by atoms with van der Waals surface area (Å²) in [5.41, 5.74) is 3.67. The molecule has 0 saturated heterocycles. The van der Waals surface area contributed by atoms with E-state index in [1.165, 1.54) is 7.11 Å². The number of carbonyl (C=O) groups excluding carboxylic acids is 1. The highest BCUT2D eigenvalue weighted by Gasteiger charge is 2.15. The van der Waals surface area contributed by atoms with E-state index in [0.717, 1.165) is 22.4 Å². The molecule has 1 aromatic heterocycles. The molecule has 0 atom stereocenters. The first-order chi connectivity index (χ1) is 13.7. The Bertz CT molecular complexity index is 1120. The van der Waals surface area contributed by atoms with Crippen LogP contribution in [0.4, 0.5) is 5.69 Å². The molecule has 0 aliphatic carbocycles. The smallest absolute Gasteiger partial charge is 0.259 e. The summed E-state index contributed by atoms with van der Waals surface area (Å²) in [6, 6.07) is 20.4. The maximum absolute atomic E-state index is 12.8. The van der Waals surface area contributed by atoms with Crippen molar-refractivity contribution < 1.29 is 14.3 Å². The molecule has 6 nitrogen and oxygen atoms in total. The predicted octanol–water partition coefficient (Wildman–Crippen LogP) is 4.50. The summed E-state index contributed by atoms with van der Waals surface area (Å²) in [4.78, 5) is 20.7. The molecule has 0 spiro atoms. The number of H-pyrrole nitrogens is 1. The number of rotatable bonds is 5. The van der Waals surface area contributed by atoms with Crippen molar-refractivity contribution in [2.75, 3.05) is 19.5 Å². The van der Waals surface area contributed by atoms with Crippen LogP contribution >= 0.6 is 0 Å². The van der Waals surface area contributed by atoms with Crippen LogP contribution in [0, 0.1) is 0 Å². The Hall–Kier alpha value is -3.80. The van der Waals surface area contributed by atoms with E-state index >= 15 is 0 Å². The average molecular weight is 373 g/mol. The van der Waals surface area contributed by atoms with E-state index in [2.05, 4.69) is 15.3 Å². The third kappa shape index (κ3) is 3.27. The Morgan fingerprint density at radius 1 is 0.929 bits per heavy atom. The molecule has 1 heterocycles. The Labute approximate surface area is 162 Å². The number of carbonyl (C=O) groups is 1. The summed E-state index contributed by atoms with van der Waals surface area (Å²) in [6.45, 7) is 0. The fraction of sp³-hybridized carbons (Fsp3) is 0.0909. The lowest BCUT2D eigenvalue weighted by Gasteiger charge is -2.13. The van der Waals surface area contributed by atoms with Gasteiger partial charge in [-0.05, 0) is 42.5 Å². The van der Waals surface area contributed by atoms with E-state index in [4.69, 9.17) is 9.47 Å². The van der Waals surface area contributed by atoms with Gasteiger partial charge in [-0.2, -0.15) is 0 Å². The van der Waals surface area contributed by atoms with Crippen molar-refractivity contribution in [3.8, 4) is 22.9 Å². The molecule has 3 aromatic carbocycles. The zero-order valence-electron chi connectivity index (χ0n) is 15.5. The summed E-state index contributed by atoms with van der Waals surface area (Å²) in [5.74, 6) is 1.50. The molecule has 0 bridgehead atoms. The zero-order valence-corrected chi connectivity index (χ0v) is 15.5. The number of anilines is 1. The summed E-state index contributed by atoms with van der Waals surface area (Å²) >= 11 is 0. The number of nitrogens with one attached hydrogen (secondary N) is 2. The van der Waals surface area contributed by atoms with Gasteiger partial charge >= 0.3 is 0 Å². The number of aromatic nitrogens is 2. The van der Waals surface area contributed by atoms with Crippen molar-refractivity contribution in [1.82, 2.24) is 9.97 Å². The first-order valence-electron chi connectivity index (χ1n) is 8.77. The minimum atomic E-state index is -0.280. The molecular formula is C22H19N3O3. The highest BCUT2D eigenvalue weighted by atomic mass is 16.5. The van der Waals surface area contributed by atoms with Gasteiger partial charge in [0.1, 0.15) is 17.3 Å². The molecule has 0 saturated carbocycles. The van der Waals surface area contributed by atoms with E-state index in [-0.39, 0.29) is 5.91 Å². The number of ether oxygens (including phenoxy) is 2. The van der Waals surface area contributed by atoms with Gasteiger partial charge in [-0.3, -0.25) is 4.79 Å². The number of benzene rings is 3. The number of fused-ring (bicyclic) bond motifs is 1. The molecular weight excluding hydrogens is 354 g/mol. The molecule has 4 rings (SSSR count). The normalized spacial score (nSPS) is 10.6. The lowest BCUT2D eigenvalue weighted by molar-refractivity contribution is 0.102. The standard InChI is InChI=1S/C22H19N3O3/c1-27-19-10-6-3-7-15(19)22(26)25-18-13-14(11-12-20(18)28-2)21-23-16-8-4-5-9-17(16)24-21/h3-13H,1-2H3,(H,23,24)(H,25,26). The maximum Gasteiger partial charge on any atom is 0.259 e. The van der Waals surface area contributed by atoms with Gasteiger partial charge in [0.15, 0.2) is 0 Å². The number of nitrogens with zero attached hydrogens (tertiary/aromatic N) is 1. The van der Waals surface area contributed by atoms with Gasteiger partial charge in [0.2, 0.25) is 0 Å². The van der Waals surface area contributed by atoms with E-state index in [0.29, 0.717) is 22.7 Å². The monoisotopic (exact) mass is 373 g/mol. The lowest BCUT2D eigenvalue weighted by Crippen LogP contribution is -2.14. The molecule has 0 aliphatic rings. The Morgan fingerprint density at radius 2 is 1.68 bits per heavy atom. The predicted molar refractivity (Wildman–Crippen MR) is 109 cm³/mol. The average Bonchev–Trinajstić information content (AvgIpc) is 3.18. The van der Waals surface area contributed by atoms with E-state index in [1.54, 1.807) is 31.4 Å². The second kappa shape index (κ2) is 7.44. The largest absolute Gasteiger partial charge is 0.496 e. The van der Waals surface area contributed by atoms with Gasteiger partial charge in [-0.1, -0.05) is 24.3 Å². The van der Waals surface area contributed by atoms with Crippen molar-refractivity contribution in [2.24, 2.45) is 0 Å². The fourth-order valence-electron chi connectivity index (χ4n) is 3.06. The van der Waals surface area contributed by atoms with Crippen LogP contribution in [-0.2, 0) is 0 Å². The Morgan fingerprint density at radius 3 is 2.46 bits per heavy atom. The van der Waals surface area contributed by atoms with Crippen LogP contribution in [0.2, 0.25) is 0 Å². The Balaban J connectivity index is 1.70. The third-order valence-corrected chi connectivity index (χ3v) is 4.46. The lowest BCUT2D eigenvalue weighted by atomic mass is 10.1. The molecule has 0 fully saturated rings. The number of hydrogen-bond acceptors (Lipinski definition) is 4. The number of aromatic amines is 1. The van der Waals surface area contributed by atoms with Crippen molar-refractivity contribution >= 4 is 22.6 Å². The quantitative estimate of drug-likeness (QED) is 0.540. The fourth-order valence-corrected chi connectivity index (χ4v) is 3.06. The zero-order chi connectivity index (χ0) is 19.5. The van der Waals surface area contributed by atoms with Gasteiger partial charge in [0, 0.05) is 5.56 Å². The molecule has 4 aromatic rings. The number of amides is 1. The van der Waals surface area contributed by atoms with Gasteiger partial charge in [-0.15, -0.1) is 0 Å². The Kier molecular flexibility index (Phi) is 4.68. The molecule has 0 aliphatic heterocycles. The number of methoxy groups -OCH3 is 2. The third-order valence-electron chi connectivity index (χ3n) is 4.46. The summed E-state index contributed by atoms with van der Waals surface area (Å²) in [7, 11) is 3.10. The van der Waals surface area contributed by atoms with E-state index in [1.807, 2.05) is 42.5 Å². The van der Waals surface area contributed by atoms with Gasteiger partial charge in [0.05, 0.1) is 36.5 Å². The first-order valence-corrected chi connectivity index (χ1v) is 8.77. The second-order valence-corrected chi connectivity index (χ2v) is 6.17. The van der Waals surface area contributed by atoms with Crippen molar-refractivity contribution in [3.05, 3.63) is 72.3 Å². The molecule has 2 N–H and O–H groups in total. The summed E-state index contributed by atoms with van der Waals surface area (Å²) in [6.07, 6.45) is 0. The molecule has 0 radical (unpaired) electrons. The van der Waals surface area contributed by atoms with Crippen LogP contribution in [0.25, 0.3) is 22.4 Å². The first kappa shape index (κ1) is 17.6. The SMILES string of the molecule is COc1ccc(-c2nc3ccccc3[nH]2)cc1NC(=O)c1ccccc1OC. The van der Waals surface area contributed by atoms with Crippen LogP contribution in [-0.4, -0.2) is 30.1 Å². The van der Waals surface area contributed by atoms with Crippen LogP contribution in [0.1, 0.15) is 10.4 Å². The van der Waals surface area contributed by atoms with Crippen LogP contribution in [0.15, 0.2) is 66.7 Å². The van der Waals surface area contributed by atoms with Crippen LogP contribution < -0.4 is 14.8 Å². The highest BCUT2D eigenvalue weighted by molar-refractivity contribution is 6.07. The van der Waals surface area contributed by atoms with Crippen LogP contribution in [0.5, 0.6) is 11.5 Å².